The SMILES string of the molecule is N#Cc1ccc(-c2cccc(CNC(=O)C#CC3CCC(=O)CC3)c2)s1. The molecule has 4 nitrogen and oxygen atoms in total. The van der Waals surface area contributed by atoms with Crippen molar-refractivity contribution < 1.29 is 9.59 Å². The van der Waals surface area contributed by atoms with Crippen LogP contribution in [0.1, 0.15) is 36.1 Å². The predicted octanol–water partition coefficient (Wildman–Crippen LogP) is 3.67. The fraction of sp³-hybridized carbons (Fsp3) is 0.286. The Balaban J connectivity index is 1.56. The molecule has 1 fully saturated rings. The van der Waals surface area contributed by atoms with Crippen molar-refractivity contribution >= 4 is 23.0 Å². The number of ketones is 1. The van der Waals surface area contributed by atoms with Crippen LogP contribution in [0.2, 0.25) is 0 Å². The van der Waals surface area contributed by atoms with Gasteiger partial charge >= 0.3 is 0 Å². The van der Waals surface area contributed by atoms with Gasteiger partial charge in [0.1, 0.15) is 16.7 Å². The van der Waals surface area contributed by atoms with Crippen molar-refractivity contribution in [2.75, 3.05) is 0 Å². The molecule has 1 aromatic heterocycles. The van der Waals surface area contributed by atoms with Crippen LogP contribution in [-0.2, 0) is 16.1 Å². The van der Waals surface area contributed by atoms with Crippen LogP contribution in [-0.4, -0.2) is 11.7 Å². The number of nitrogens with zero attached hydrogens (tertiary/aromatic N) is 1. The van der Waals surface area contributed by atoms with Gasteiger partial charge in [0.15, 0.2) is 0 Å². The molecule has 5 heteroatoms. The number of rotatable bonds is 3. The van der Waals surface area contributed by atoms with Crippen LogP contribution in [0, 0.1) is 29.1 Å². The molecule has 0 atom stereocenters. The normalized spacial score (nSPS) is 14.2. The van der Waals surface area contributed by atoms with Crippen LogP contribution in [0.5, 0.6) is 0 Å². The topological polar surface area (TPSA) is 70.0 Å². The fourth-order valence-corrected chi connectivity index (χ4v) is 3.67. The molecule has 0 radical (unpaired) electrons. The van der Waals surface area contributed by atoms with Crippen LogP contribution in [0.3, 0.4) is 0 Å². The third-order valence-corrected chi connectivity index (χ3v) is 5.35. The van der Waals surface area contributed by atoms with E-state index in [4.69, 9.17) is 5.26 Å². The van der Waals surface area contributed by atoms with Gasteiger partial charge in [-0.25, -0.2) is 0 Å². The Kier molecular flexibility index (Phi) is 5.84. The summed E-state index contributed by atoms with van der Waals surface area (Å²) in [6.45, 7) is 0.404. The van der Waals surface area contributed by atoms with Crippen molar-refractivity contribution in [3.63, 3.8) is 0 Å². The zero-order chi connectivity index (χ0) is 18.4. The molecule has 0 unspecified atom stereocenters. The number of thiophene rings is 1. The molecule has 1 aliphatic carbocycles. The van der Waals surface area contributed by atoms with E-state index < -0.39 is 0 Å². The van der Waals surface area contributed by atoms with E-state index in [0.29, 0.717) is 30.0 Å². The Hall–Kier alpha value is -2.89. The Bertz CT molecular complexity index is 917. The van der Waals surface area contributed by atoms with Gasteiger partial charge in [-0.1, -0.05) is 24.1 Å². The summed E-state index contributed by atoms with van der Waals surface area (Å²) in [6, 6.07) is 13.8. The van der Waals surface area contributed by atoms with Crippen molar-refractivity contribution in [2.45, 2.75) is 32.2 Å². The number of nitriles is 1. The Labute approximate surface area is 156 Å². The number of hydrogen-bond donors (Lipinski definition) is 1. The molecular formula is C21H18N2O2S. The van der Waals surface area contributed by atoms with Gasteiger partial charge in [-0.2, -0.15) is 5.26 Å². The molecule has 1 N–H and O–H groups in total. The summed E-state index contributed by atoms with van der Waals surface area (Å²) in [5.74, 6) is 5.77. The van der Waals surface area contributed by atoms with Gasteiger partial charge in [0.05, 0.1) is 0 Å². The molecule has 1 saturated carbocycles. The summed E-state index contributed by atoms with van der Waals surface area (Å²) >= 11 is 1.45. The predicted molar refractivity (Wildman–Crippen MR) is 101 cm³/mol. The summed E-state index contributed by atoms with van der Waals surface area (Å²) in [6.07, 6.45) is 2.66. The second-order valence-electron chi connectivity index (χ2n) is 6.24. The van der Waals surface area contributed by atoms with Crippen LogP contribution in [0.25, 0.3) is 10.4 Å². The van der Waals surface area contributed by atoms with Gasteiger partial charge in [-0.05, 0) is 48.1 Å². The van der Waals surface area contributed by atoms with Crippen molar-refractivity contribution in [1.82, 2.24) is 5.32 Å². The lowest BCUT2D eigenvalue weighted by Crippen LogP contribution is -2.21. The molecular weight excluding hydrogens is 344 g/mol. The average Bonchev–Trinajstić information content (AvgIpc) is 3.15. The van der Waals surface area contributed by atoms with E-state index in [2.05, 4.69) is 23.2 Å². The zero-order valence-corrected chi connectivity index (χ0v) is 15.1. The second-order valence-corrected chi connectivity index (χ2v) is 7.32. The molecule has 1 aromatic carbocycles. The first-order valence-electron chi connectivity index (χ1n) is 8.54. The maximum Gasteiger partial charge on any atom is 0.296 e. The van der Waals surface area contributed by atoms with E-state index in [-0.39, 0.29) is 11.8 Å². The highest BCUT2D eigenvalue weighted by atomic mass is 32.1. The quantitative estimate of drug-likeness (QED) is 0.847. The van der Waals surface area contributed by atoms with Crippen molar-refractivity contribution in [2.24, 2.45) is 5.92 Å². The first-order chi connectivity index (χ1) is 12.6. The Morgan fingerprint density at radius 1 is 1.23 bits per heavy atom. The number of Topliss-reactive ketones (excluding diaryl/α,β-unsaturated/α-hetero) is 1. The lowest BCUT2D eigenvalue weighted by Gasteiger charge is -2.14. The third-order valence-electron chi connectivity index (χ3n) is 4.31. The van der Waals surface area contributed by atoms with Crippen LogP contribution >= 0.6 is 11.3 Å². The molecule has 0 spiro atoms. The fourth-order valence-electron chi connectivity index (χ4n) is 2.87. The minimum atomic E-state index is -0.296. The van der Waals surface area contributed by atoms with E-state index in [1.165, 1.54) is 11.3 Å². The maximum atomic E-state index is 11.9. The second kappa shape index (κ2) is 8.47. The van der Waals surface area contributed by atoms with E-state index in [9.17, 15) is 9.59 Å². The molecule has 1 aliphatic rings. The van der Waals surface area contributed by atoms with Gasteiger partial charge < -0.3 is 5.32 Å². The van der Waals surface area contributed by atoms with Gasteiger partial charge in [0.2, 0.25) is 0 Å². The van der Waals surface area contributed by atoms with Crippen LogP contribution in [0.4, 0.5) is 0 Å². The largest absolute Gasteiger partial charge is 0.341 e. The van der Waals surface area contributed by atoms with Crippen molar-refractivity contribution in [1.29, 1.82) is 5.26 Å². The van der Waals surface area contributed by atoms with Crippen LogP contribution < -0.4 is 5.32 Å². The number of amides is 1. The van der Waals surface area contributed by atoms with E-state index in [1.807, 2.05) is 36.4 Å². The molecule has 0 bridgehead atoms. The zero-order valence-electron chi connectivity index (χ0n) is 14.2. The van der Waals surface area contributed by atoms with Crippen molar-refractivity contribution in [3.05, 3.63) is 46.8 Å². The average molecular weight is 362 g/mol. The summed E-state index contributed by atoms with van der Waals surface area (Å²) < 4.78 is 0. The number of nitrogens with one attached hydrogen (secondary N) is 1. The van der Waals surface area contributed by atoms with Crippen molar-refractivity contribution in [3.8, 4) is 28.4 Å². The highest BCUT2D eigenvalue weighted by Gasteiger charge is 2.16. The molecule has 0 aliphatic heterocycles. The third kappa shape index (κ3) is 4.81. The van der Waals surface area contributed by atoms with Gasteiger partial charge in [-0.15, -0.1) is 11.3 Å². The van der Waals surface area contributed by atoms with E-state index in [1.54, 1.807) is 0 Å². The lowest BCUT2D eigenvalue weighted by molar-refractivity contribution is -0.120. The van der Waals surface area contributed by atoms with E-state index >= 15 is 0 Å². The summed E-state index contributed by atoms with van der Waals surface area (Å²) in [5, 5.41) is 11.8. The van der Waals surface area contributed by atoms with Gasteiger partial charge in [0, 0.05) is 30.2 Å². The summed E-state index contributed by atoms with van der Waals surface area (Å²) in [7, 11) is 0. The minimum Gasteiger partial charge on any atom is -0.341 e. The van der Waals surface area contributed by atoms with Gasteiger partial charge in [-0.3, -0.25) is 9.59 Å². The molecule has 1 amide bonds. The maximum absolute atomic E-state index is 11.9. The highest BCUT2D eigenvalue weighted by Crippen LogP contribution is 2.28. The Morgan fingerprint density at radius 2 is 2.04 bits per heavy atom. The Morgan fingerprint density at radius 3 is 2.77 bits per heavy atom. The lowest BCUT2D eigenvalue weighted by atomic mass is 9.89. The minimum absolute atomic E-state index is 0.148. The number of carbonyl (C=O) groups is 2. The number of carbonyl (C=O) groups excluding carboxylic acids is 2. The van der Waals surface area contributed by atoms with E-state index in [0.717, 1.165) is 28.8 Å². The summed E-state index contributed by atoms with van der Waals surface area (Å²) in [5.41, 5.74) is 2.01. The smallest absolute Gasteiger partial charge is 0.296 e. The molecule has 1 heterocycles. The molecule has 3 rings (SSSR count). The molecule has 0 saturated heterocycles. The standard InChI is InChI=1S/C21H18N2O2S/c22-13-19-9-10-20(26-19)17-3-1-2-16(12-17)14-23-21(25)11-6-15-4-7-18(24)8-5-15/h1-3,9-10,12,15H,4-5,7-8,14H2,(H,23,25). The first-order valence-corrected chi connectivity index (χ1v) is 9.36. The highest BCUT2D eigenvalue weighted by molar-refractivity contribution is 7.16. The molecule has 2 aromatic rings. The van der Waals surface area contributed by atoms with Gasteiger partial charge in [0.25, 0.3) is 5.91 Å². The number of benzene rings is 1. The first kappa shape index (κ1) is 17.9. The van der Waals surface area contributed by atoms with Crippen LogP contribution in [0.15, 0.2) is 36.4 Å². The number of hydrogen-bond acceptors (Lipinski definition) is 4. The monoisotopic (exact) mass is 362 g/mol. The summed E-state index contributed by atoms with van der Waals surface area (Å²) in [4.78, 5) is 24.9. The molecule has 130 valence electrons. The molecule has 26 heavy (non-hydrogen) atoms.